The molecule has 0 aliphatic rings. The van der Waals surface area contributed by atoms with E-state index in [4.69, 9.17) is 21.3 Å². The number of benzene rings is 1. The molecule has 1 atom stereocenters. The standard InChI is InChI=1S/C12H18N2O3/c13-8-2-1-3-11(14)12(16)17-10-6-4-9(15)5-7-10/h4-7,11,15H,1-3,8,13-14H2/t11-/m0/s1. The third-order valence-electron chi connectivity index (χ3n) is 2.33. The first-order valence-electron chi connectivity index (χ1n) is 5.60. The summed E-state index contributed by atoms with van der Waals surface area (Å²) in [5, 5.41) is 9.07. The molecule has 1 aromatic carbocycles. The van der Waals surface area contributed by atoms with Crippen LogP contribution in [0, 0.1) is 0 Å². The van der Waals surface area contributed by atoms with Gasteiger partial charge in [-0.15, -0.1) is 0 Å². The van der Waals surface area contributed by atoms with Crippen molar-refractivity contribution in [2.24, 2.45) is 11.5 Å². The molecule has 0 aliphatic carbocycles. The van der Waals surface area contributed by atoms with Crippen LogP contribution in [0.5, 0.6) is 11.5 Å². The number of carbonyl (C=O) groups is 1. The number of phenolic OH excluding ortho intramolecular Hbond substituents is 1. The van der Waals surface area contributed by atoms with Gasteiger partial charge in [0, 0.05) is 0 Å². The monoisotopic (exact) mass is 238 g/mol. The van der Waals surface area contributed by atoms with Crippen molar-refractivity contribution in [2.75, 3.05) is 6.54 Å². The van der Waals surface area contributed by atoms with Gasteiger partial charge in [0.05, 0.1) is 0 Å². The molecule has 0 fully saturated rings. The van der Waals surface area contributed by atoms with Gasteiger partial charge in [-0.3, -0.25) is 0 Å². The molecule has 1 rings (SSSR count). The van der Waals surface area contributed by atoms with Gasteiger partial charge in [-0.2, -0.15) is 0 Å². The van der Waals surface area contributed by atoms with Gasteiger partial charge in [0.2, 0.25) is 0 Å². The first-order valence-corrected chi connectivity index (χ1v) is 5.60. The molecular weight excluding hydrogens is 220 g/mol. The number of unbranched alkanes of at least 4 members (excludes halogenated alkanes) is 1. The lowest BCUT2D eigenvalue weighted by molar-refractivity contribution is -0.136. The van der Waals surface area contributed by atoms with E-state index in [1.165, 1.54) is 24.3 Å². The van der Waals surface area contributed by atoms with Gasteiger partial charge >= 0.3 is 5.97 Å². The Bertz CT molecular complexity index is 351. The van der Waals surface area contributed by atoms with Crippen LogP contribution in [0.3, 0.4) is 0 Å². The Morgan fingerprint density at radius 2 is 1.94 bits per heavy atom. The van der Waals surface area contributed by atoms with Crippen LogP contribution in [-0.2, 0) is 4.79 Å². The summed E-state index contributed by atoms with van der Waals surface area (Å²) in [5.74, 6) is 0.0341. The van der Waals surface area contributed by atoms with Crippen LogP contribution in [0.15, 0.2) is 24.3 Å². The minimum absolute atomic E-state index is 0.122. The van der Waals surface area contributed by atoms with Crippen molar-refractivity contribution < 1.29 is 14.6 Å². The fourth-order valence-corrected chi connectivity index (χ4v) is 1.33. The Hall–Kier alpha value is -1.59. The van der Waals surface area contributed by atoms with Gasteiger partial charge < -0.3 is 21.3 Å². The summed E-state index contributed by atoms with van der Waals surface area (Å²) in [6.45, 7) is 0.597. The molecule has 0 bridgehead atoms. The molecule has 0 saturated heterocycles. The average molecular weight is 238 g/mol. The SMILES string of the molecule is NCCCC[C@H](N)C(=O)Oc1ccc(O)cc1. The lowest BCUT2D eigenvalue weighted by Gasteiger charge is -2.10. The number of phenols is 1. The quantitative estimate of drug-likeness (QED) is 0.386. The van der Waals surface area contributed by atoms with Crippen molar-refractivity contribution >= 4 is 5.97 Å². The van der Waals surface area contributed by atoms with Crippen LogP contribution in [0.25, 0.3) is 0 Å². The van der Waals surface area contributed by atoms with E-state index in [0.717, 1.165) is 12.8 Å². The summed E-state index contributed by atoms with van der Waals surface area (Å²) in [5.41, 5.74) is 11.0. The second-order valence-corrected chi connectivity index (χ2v) is 3.81. The summed E-state index contributed by atoms with van der Waals surface area (Å²) in [4.78, 5) is 11.6. The Balaban J connectivity index is 2.40. The molecule has 17 heavy (non-hydrogen) atoms. The number of carbonyl (C=O) groups excluding carboxylic acids is 1. The Morgan fingerprint density at radius 3 is 2.53 bits per heavy atom. The van der Waals surface area contributed by atoms with E-state index in [1.807, 2.05) is 0 Å². The number of hydrogen-bond acceptors (Lipinski definition) is 5. The van der Waals surface area contributed by atoms with Crippen molar-refractivity contribution in [1.82, 2.24) is 0 Å². The highest BCUT2D eigenvalue weighted by atomic mass is 16.5. The molecule has 0 spiro atoms. The van der Waals surface area contributed by atoms with Crippen molar-refractivity contribution in [3.05, 3.63) is 24.3 Å². The first-order chi connectivity index (χ1) is 8.13. The molecule has 1 aromatic rings. The Morgan fingerprint density at radius 1 is 1.29 bits per heavy atom. The highest BCUT2D eigenvalue weighted by Crippen LogP contribution is 2.16. The maximum atomic E-state index is 11.6. The number of esters is 1. The lowest BCUT2D eigenvalue weighted by atomic mass is 10.1. The largest absolute Gasteiger partial charge is 0.508 e. The summed E-state index contributed by atoms with van der Waals surface area (Å²) in [6.07, 6.45) is 2.22. The van der Waals surface area contributed by atoms with E-state index in [0.29, 0.717) is 18.7 Å². The normalized spacial score (nSPS) is 12.1. The van der Waals surface area contributed by atoms with Gasteiger partial charge in [-0.25, -0.2) is 4.79 Å². The summed E-state index contributed by atoms with van der Waals surface area (Å²) in [7, 11) is 0. The van der Waals surface area contributed by atoms with E-state index < -0.39 is 12.0 Å². The van der Waals surface area contributed by atoms with Crippen molar-refractivity contribution in [3.8, 4) is 11.5 Å². The predicted octanol–water partition coefficient (Wildman–Crippen LogP) is 0.754. The fourth-order valence-electron chi connectivity index (χ4n) is 1.33. The molecule has 94 valence electrons. The maximum Gasteiger partial charge on any atom is 0.328 e. The minimum Gasteiger partial charge on any atom is -0.508 e. The van der Waals surface area contributed by atoms with Crippen molar-refractivity contribution in [1.29, 1.82) is 0 Å². The number of hydrogen-bond donors (Lipinski definition) is 3. The molecule has 5 N–H and O–H groups in total. The van der Waals surface area contributed by atoms with Crippen LogP contribution < -0.4 is 16.2 Å². The molecule has 0 amide bonds. The van der Waals surface area contributed by atoms with Crippen LogP contribution >= 0.6 is 0 Å². The molecule has 0 heterocycles. The highest BCUT2D eigenvalue weighted by Gasteiger charge is 2.15. The zero-order chi connectivity index (χ0) is 12.7. The third-order valence-corrected chi connectivity index (χ3v) is 2.33. The van der Waals surface area contributed by atoms with Crippen LogP contribution in [0.2, 0.25) is 0 Å². The number of ether oxygens (including phenoxy) is 1. The molecule has 0 saturated carbocycles. The van der Waals surface area contributed by atoms with Crippen molar-refractivity contribution in [3.63, 3.8) is 0 Å². The molecule has 0 unspecified atom stereocenters. The van der Waals surface area contributed by atoms with Gasteiger partial charge in [-0.1, -0.05) is 6.42 Å². The fraction of sp³-hybridized carbons (Fsp3) is 0.417. The van der Waals surface area contributed by atoms with Gasteiger partial charge in [0.15, 0.2) is 0 Å². The summed E-state index contributed by atoms with van der Waals surface area (Å²) >= 11 is 0. The predicted molar refractivity (Wildman–Crippen MR) is 64.6 cm³/mol. The molecule has 0 radical (unpaired) electrons. The van der Waals surface area contributed by atoms with E-state index in [1.54, 1.807) is 0 Å². The van der Waals surface area contributed by atoms with Crippen LogP contribution in [0.4, 0.5) is 0 Å². The summed E-state index contributed by atoms with van der Waals surface area (Å²) < 4.78 is 5.06. The first kappa shape index (κ1) is 13.5. The van der Waals surface area contributed by atoms with Crippen LogP contribution in [-0.4, -0.2) is 23.7 Å². The van der Waals surface area contributed by atoms with Gasteiger partial charge in [0.25, 0.3) is 0 Å². The molecular formula is C12H18N2O3. The zero-order valence-electron chi connectivity index (χ0n) is 9.63. The van der Waals surface area contributed by atoms with Crippen LogP contribution in [0.1, 0.15) is 19.3 Å². The number of nitrogens with two attached hydrogens (primary N) is 2. The second-order valence-electron chi connectivity index (χ2n) is 3.81. The topological polar surface area (TPSA) is 98.6 Å². The smallest absolute Gasteiger partial charge is 0.328 e. The van der Waals surface area contributed by atoms with Gasteiger partial charge in [0.1, 0.15) is 17.5 Å². The molecule has 0 aliphatic heterocycles. The second kappa shape index (κ2) is 6.88. The Kier molecular flexibility index (Phi) is 5.45. The maximum absolute atomic E-state index is 11.6. The lowest BCUT2D eigenvalue weighted by Crippen LogP contribution is -2.34. The molecule has 5 nitrogen and oxygen atoms in total. The third kappa shape index (κ3) is 4.84. The summed E-state index contributed by atoms with van der Waals surface area (Å²) in [6, 6.07) is 5.29. The van der Waals surface area contributed by atoms with E-state index >= 15 is 0 Å². The highest BCUT2D eigenvalue weighted by molar-refractivity contribution is 5.77. The number of rotatable bonds is 6. The molecule has 5 heteroatoms. The number of aromatic hydroxyl groups is 1. The Labute approximate surface area is 100 Å². The van der Waals surface area contributed by atoms with E-state index in [2.05, 4.69) is 0 Å². The van der Waals surface area contributed by atoms with Crippen molar-refractivity contribution in [2.45, 2.75) is 25.3 Å². The zero-order valence-corrected chi connectivity index (χ0v) is 9.63. The minimum atomic E-state index is -0.629. The van der Waals surface area contributed by atoms with E-state index in [-0.39, 0.29) is 5.75 Å². The van der Waals surface area contributed by atoms with E-state index in [9.17, 15) is 4.79 Å². The molecule has 0 aromatic heterocycles. The van der Waals surface area contributed by atoms with Gasteiger partial charge in [-0.05, 0) is 43.7 Å². The average Bonchev–Trinajstić information content (AvgIpc) is 2.32.